The third kappa shape index (κ3) is 4.76. The van der Waals surface area contributed by atoms with E-state index in [0.717, 1.165) is 12.3 Å². The molecule has 0 radical (unpaired) electrons. The molecule has 0 aliphatic rings. The SMILES string of the molecule is CC(C)NCc1ccc(OCc2ccccc2)cc1. The molecule has 2 heteroatoms. The first-order valence-electron chi connectivity index (χ1n) is 6.73. The van der Waals surface area contributed by atoms with E-state index in [1.807, 2.05) is 30.3 Å². The Kier molecular flexibility index (Phi) is 4.99. The van der Waals surface area contributed by atoms with Crippen molar-refractivity contribution in [2.45, 2.75) is 33.0 Å². The van der Waals surface area contributed by atoms with Gasteiger partial charge in [0, 0.05) is 12.6 Å². The molecule has 2 aromatic rings. The highest BCUT2D eigenvalue weighted by Crippen LogP contribution is 2.14. The Hall–Kier alpha value is -1.80. The Morgan fingerprint density at radius 1 is 0.895 bits per heavy atom. The topological polar surface area (TPSA) is 21.3 Å². The number of ether oxygens (including phenoxy) is 1. The Labute approximate surface area is 115 Å². The summed E-state index contributed by atoms with van der Waals surface area (Å²) >= 11 is 0. The quantitative estimate of drug-likeness (QED) is 0.848. The summed E-state index contributed by atoms with van der Waals surface area (Å²) in [5.74, 6) is 0.914. The van der Waals surface area contributed by atoms with E-state index in [-0.39, 0.29) is 0 Å². The van der Waals surface area contributed by atoms with Gasteiger partial charge < -0.3 is 10.1 Å². The molecule has 0 atom stereocenters. The van der Waals surface area contributed by atoms with Crippen LogP contribution in [0, 0.1) is 0 Å². The third-order valence-electron chi connectivity index (χ3n) is 2.89. The first-order chi connectivity index (χ1) is 9.24. The number of hydrogen-bond donors (Lipinski definition) is 1. The van der Waals surface area contributed by atoms with Gasteiger partial charge in [0.15, 0.2) is 0 Å². The molecule has 0 heterocycles. The Morgan fingerprint density at radius 3 is 2.21 bits per heavy atom. The van der Waals surface area contributed by atoms with Crippen LogP contribution in [0.5, 0.6) is 5.75 Å². The molecule has 0 aliphatic heterocycles. The summed E-state index contributed by atoms with van der Waals surface area (Å²) in [6, 6.07) is 19.0. The molecule has 19 heavy (non-hydrogen) atoms. The monoisotopic (exact) mass is 255 g/mol. The van der Waals surface area contributed by atoms with Crippen LogP contribution in [0.4, 0.5) is 0 Å². The van der Waals surface area contributed by atoms with Gasteiger partial charge in [0.2, 0.25) is 0 Å². The zero-order valence-electron chi connectivity index (χ0n) is 11.6. The maximum atomic E-state index is 5.75. The molecule has 2 rings (SSSR count). The van der Waals surface area contributed by atoms with Gasteiger partial charge in [0.25, 0.3) is 0 Å². The summed E-state index contributed by atoms with van der Waals surface area (Å²) in [7, 11) is 0. The van der Waals surface area contributed by atoms with Crippen molar-refractivity contribution in [1.29, 1.82) is 0 Å². The molecule has 0 bridgehead atoms. The van der Waals surface area contributed by atoms with Crippen LogP contribution in [-0.2, 0) is 13.2 Å². The maximum absolute atomic E-state index is 5.75. The van der Waals surface area contributed by atoms with Crippen LogP contribution in [0.2, 0.25) is 0 Å². The molecular formula is C17H21NO. The minimum Gasteiger partial charge on any atom is -0.489 e. The van der Waals surface area contributed by atoms with Crippen molar-refractivity contribution in [2.75, 3.05) is 0 Å². The number of rotatable bonds is 6. The molecule has 2 aromatic carbocycles. The summed E-state index contributed by atoms with van der Waals surface area (Å²) in [5.41, 5.74) is 2.47. The largest absolute Gasteiger partial charge is 0.489 e. The maximum Gasteiger partial charge on any atom is 0.119 e. The summed E-state index contributed by atoms with van der Waals surface area (Å²) < 4.78 is 5.75. The van der Waals surface area contributed by atoms with E-state index in [0.29, 0.717) is 12.6 Å². The van der Waals surface area contributed by atoms with Gasteiger partial charge >= 0.3 is 0 Å². The lowest BCUT2D eigenvalue weighted by atomic mass is 10.2. The highest BCUT2D eigenvalue weighted by atomic mass is 16.5. The Morgan fingerprint density at radius 2 is 1.58 bits per heavy atom. The summed E-state index contributed by atoms with van der Waals surface area (Å²) in [4.78, 5) is 0. The van der Waals surface area contributed by atoms with Gasteiger partial charge in [-0.3, -0.25) is 0 Å². The standard InChI is InChI=1S/C17H21NO/c1-14(2)18-12-15-8-10-17(11-9-15)19-13-16-6-4-3-5-7-16/h3-11,14,18H,12-13H2,1-2H3. The predicted octanol–water partition coefficient (Wildman–Crippen LogP) is 3.76. The van der Waals surface area contributed by atoms with E-state index in [2.05, 4.69) is 43.4 Å². The highest BCUT2D eigenvalue weighted by Gasteiger charge is 1.98. The van der Waals surface area contributed by atoms with E-state index >= 15 is 0 Å². The van der Waals surface area contributed by atoms with Gasteiger partial charge in [0.05, 0.1) is 0 Å². The number of hydrogen-bond acceptors (Lipinski definition) is 2. The van der Waals surface area contributed by atoms with Crippen molar-refractivity contribution in [2.24, 2.45) is 0 Å². The number of benzene rings is 2. The molecule has 0 saturated heterocycles. The molecule has 1 N–H and O–H groups in total. The first kappa shape index (κ1) is 13.6. The van der Waals surface area contributed by atoms with Crippen molar-refractivity contribution in [3.63, 3.8) is 0 Å². The summed E-state index contributed by atoms with van der Waals surface area (Å²) in [6.07, 6.45) is 0. The van der Waals surface area contributed by atoms with Crippen molar-refractivity contribution >= 4 is 0 Å². The average Bonchev–Trinajstić information content (AvgIpc) is 2.45. The van der Waals surface area contributed by atoms with Crippen LogP contribution in [0.25, 0.3) is 0 Å². The lowest BCUT2D eigenvalue weighted by Crippen LogP contribution is -2.21. The smallest absolute Gasteiger partial charge is 0.119 e. The average molecular weight is 255 g/mol. The van der Waals surface area contributed by atoms with E-state index in [4.69, 9.17) is 4.74 Å². The summed E-state index contributed by atoms with van der Waals surface area (Å²) in [5, 5.41) is 3.40. The molecule has 0 amide bonds. The molecule has 0 aromatic heterocycles. The van der Waals surface area contributed by atoms with Crippen LogP contribution in [0.15, 0.2) is 54.6 Å². The first-order valence-corrected chi connectivity index (χ1v) is 6.73. The van der Waals surface area contributed by atoms with Crippen molar-refractivity contribution < 1.29 is 4.74 Å². The van der Waals surface area contributed by atoms with Gasteiger partial charge in [0.1, 0.15) is 12.4 Å². The lowest BCUT2D eigenvalue weighted by Gasteiger charge is -2.09. The second kappa shape index (κ2) is 6.95. The molecule has 0 unspecified atom stereocenters. The van der Waals surface area contributed by atoms with Gasteiger partial charge in [-0.1, -0.05) is 56.3 Å². The fourth-order valence-electron chi connectivity index (χ4n) is 1.77. The van der Waals surface area contributed by atoms with Crippen LogP contribution < -0.4 is 10.1 Å². The van der Waals surface area contributed by atoms with E-state index in [1.54, 1.807) is 0 Å². The predicted molar refractivity (Wildman–Crippen MR) is 79.2 cm³/mol. The van der Waals surface area contributed by atoms with Crippen molar-refractivity contribution in [3.8, 4) is 5.75 Å². The van der Waals surface area contributed by atoms with E-state index in [9.17, 15) is 0 Å². The van der Waals surface area contributed by atoms with Gasteiger partial charge in [-0.05, 0) is 23.3 Å². The normalized spacial score (nSPS) is 10.7. The van der Waals surface area contributed by atoms with E-state index < -0.39 is 0 Å². The van der Waals surface area contributed by atoms with Gasteiger partial charge in [-0.15, -0.1) is 0 Å². The van der Waals surface area contributed by atoms with Crippen molar-refractivity contribution in [3.05, 3.63) is 65.7 Å². The molecule has 2 nitrogen and oxygen atoms in total. The second-order valence-corrected chi connectivity index (χ2v) is 4.95. The fraction of sp³-hybridized carbons (Fsp3) is 0.294. The van der Waals surface area contributed by atoms with Crippen LogP contribution in [0.3, 0.4) is 0 Å². The van der Waals surface area contributed by atoms with Crippen LogP contribution in [-0.4, -0.2) is 6.04 Å². The molecular weight excluding hydrogens is 234 g/mol. The Bertz CT molecular complexity index is 476. The minimum atomic E-state index is 0.508. The molecule has 100 valence electrons. The van der Waals surface area contributed by atoms with E-state index in [1.165, 1.54) is 11.1 Å². The van der Waals surface area contributed by atoms with Crippen molar-refractivity contribution in [1.82, 2.24) is 5.32 Å². The van der Waals surface area contributed by atoms with Gasteiger partial charge in [-0.2, -0.15) is 0 Å². The molecule has 0 spiro atoms. The number of nitrogens with one attached hydrogen (secondary N) is 1. The zero-order valence-corrected chi connectivity index (χ0v) is 11.6. The fourth-order valence-corrected chi connectivity index (χ4v) is 1.77. The summed E-state index contributed by atoms with van der Waals surface area (Å²) in [6.45, 7) is 5.82. The minimum absolute atomic E-state index is 0.508. The van der Waals surface area contributed by atoms with Crippen LogP contribution >= 0.6 is 0 Å². The highest BCUT2D eigenvalue weighted by molar-refractivity contribution is 5.27. The van der Waals surface area contributed by atoms with Crippen LogP contribution in [0.1, 0.15) is 25.0 Å². The van der Waals surface area contributed by atoms with Gasteiger partial charge in [-0.25, -0.2) is 0 Å². The Balaban J connectivity index is 1.85. The molecule has 0 saturated carbocycles. The molecule has 0 fully saturated rings. The lowest BCUT2D eigenvalue weighted by molar-refractivity contribution is 0.306. The third-order valence-corrected chi connectivity index (χ3v) is 2.89. The molecule has 0 aliphatic carbocycles. The zero-order chi connectivity index (χ0) is 13.5. The second-order valence-electron chi connectivity index (χ2n) is 4.95.